The highest BCUT2D eigenvalue weighted by molar-refractivity contribution is 7.12. The molecule has 0 spiro atoms. The summed E-state index contributed by atoms with van der Waals surface area (Å²) >= 11 is 2.79. The van der Waals surface area contributed by atoms with Crippen molar-refractivity contribution in [1.82, 2.24) is 4.90 Å². The van der Waals surface area contributed by atoms with Crippen molar-refractivity contribution in [2.45, 2.75) is 12.6 Å². The Balaban J connectivity index is 1.78. The molecule has 25 heavy (non-hydrogen) atoms. The van der Waals surface area contributed by atoms with Gasteiger partial charge in [0.25, 0.3) is 5.91 Å². The summed E-state index contributed by atoms with van der Waals surface area (Å²) in [4.78, 5) is 28.5. The number of furan rings is 1. The zero-order valence-electron chi connectivity index (χ0n) is 12.9. The highest BCUT2D eigenvalue weighted by atomic mass is 32.1. The molecule has 1 N–H and O–H groups in total. The van der Waals surface area contributed by atoms with E-state index in [1.165, 1.54) is 33.8 Å². The zero-order chi connectivity index (χ0) is 17.4. The molecule has 0 fully saturated rings. The van der Waals surface area contributed by atoms with Crippen LogP contribution in [0.3, 0.4) is 0 Å². The van der Waals surface area contributed by atoms with Gasteiger partial charge >= 0.3 is 0 Å². The average molecular weight is 371 g/mol. The standard InChI is InChI=1S/C18H13NO4S2/c20-16(13-6-3-9-25-13)14-15(12-5-1-7-23-12)19(18(22)17(14)21)10-11-4-2-8-24-11/h1-9,15,21H,10H2. The van der Waals surface area contributed by atoms with E-state index in [1.807, 2.05) is 17.5 Å². The molecule has 4 rings (SSSR count). The van der Waals surface area contributed by atoms with Gasteiger partial charge in [0, 0.05) is 4.88 Å². The van der Waals surface area contributed by atoms with E-state index >= 15 is 0 Å². The van der Waals surface area contributed by atoms with Gasteiger partial charge in [-0.1, -0.05) is 12.1 Å². The second kappa shape index (κ2) is 6.34. The van der Waals surface area contributed by atoms with Crippen LogP contribution in [0.15, 0.2) is 69.2 Å². The highest BCUT2D eigenvalue weighted by Gasteiger charge is 2.45. The summed E-state index contributed by atoms with van der Waals surface area (Å²) in [7, 11) is 0. The fourth-order valence-electron chi connectivity index (χ4n) is 2.90. The Morgan fingerprint density at radius 2 is 1.96 bits per heavy atom. The maximum absolute atomic E-state index is 12.9. The molecule has 7 heteroatoms. The number of amides is 1. The zero-order valence-corrected chi connectivity index (χ0v) is 14.5. The lowest BCUT2D eigenvalue weighted by Gasteiger charge is -2.24. The first-order valence-electron chi connectivity index (χ1n) is 7.55. The third-order valence-electron chi connectivity index (χ3n) is 4.01. The molecule has 1 unspecified atom stereocenters. The topological polar surface area (TPSA) is 70.8 Å². The van der Waals surface area contributed by atoms with Crippen LogP contribution in [0.25, 0.3) is 0 Å². The first kappa shape index (κ1) is 15.9. The van der Waals surface area contributed by atoms with Crippen LogP contribution in [0.4, 0.5) is 0 Å². The number of ketones is 1. The predicted octanol–water partition coefficient (Wildman–Crippen LogP) is 4.18. The van der Waals surface area contributed by atoms with Crippen LogP contribution in [0, 0.1) is 0 Å². The van der Waals surface area contributed by atoms with E-state index in [0.29, 0.717) is 17.2 Å². The summed E-state index contributed by atoms with van der Waals surface area (Å²) in [5, 5.41) is 14.1. The van der Waals surface area contributed by atoms with E-state index in [0.717, 1.165) is 4.88 Å². The summed E-state index contributed by atoms with van der Waals surface area (Å²) in [5.41, 5.74) is 0.0685. The molecule has 0 radical (unpaired) electrons. The van der Waals surface area contributed by atoms with E-state index in [9.17, 15) is 14.7 Å². The average Bonchev–Trinajstić information content (AvgIpc) is 3.39. The Bertz CT molecular complexity index is 924. The Labute approximate surface area is 151 Å². The van der Waals surface area contributed by atoms with Crippen LogP contribution in [0.2, 0.25) is 0 Å². The Morgan fingerprint density at radius 3 is 2.60 bits per heavy atom. The van der Waals surface area contributed by atoms with E-state index in [4.69, 9.17) is 4.42 Å². The number of aliphatic hydroxyl groups excluding tert-OH is 1. The van der Waals surface area contributed by atoms with Gasteiger partial charge in [-0.15, -0.1) is 22.7 Å². The molecule has 1 aliphatic rings. The first-order chi connectivity index (χ1) is 12.2. The third kappa shape index (κ3) is 2.71. The van der Waals surface area contributed by atoms with Gasteiger partial charge in [0.2, 0.25) is 5.78 Å². The van der Waals surface area contributed by atoms with Gasteiger partial charge in [-0.25, -0.2) is 0 Å². The van der Waals surface area contributed by atoms with Crippen molar-refractivity contribution in [3.05, 3.63) is 80.3 Å². The van der Waals surface area contributed by atoms with E-state index in [1.54, 1.807) is 29.6 Å². The summed E-state index contributed by atoms with van der Waals surface area (Å²) in [6, 6.07) is 9.92. The molecule has 3 aromatic rings. The lowest BCUT2D eigenvalue weighted by atomic mass is 10.0. The van der Waals surface area contributed by atoms with Crippen molar-refractivity contribution in [3.8, 4) is 0 Å². The predicted molar refractivity (Wildman–Crippen MR) is 94.6 cm³/mol. The number of carbonyl (C=O) groups excluding carboxylic acids is 2. The Hall–Kier alpha value is -2.64. The second-order valence-electron chi connectivity index (χ2n) is 5.50. The number of carbonyl (C=O) groups is 2. The Kier molecular flexibility index (Phi) is 4.03. The van der Waals surface area contributed by atoms with Crippen LogP contribution in [0.5, 0.6) is 0 Å². The largest absolute Gasteiger partial charge is 0.503 e. The van der Waals surface area contributed by atoms with Crippen LogP contribution >= 0.6 is 22.7 Å². The number of hydrogen-bond acceptors (Lipinski definition) is 6. The minimum Gasteiger partial charge on any atom is -0.503 e. The van der Waals surface area contributed by atoms with Gasteiger partial charge in [-0.05, 0) is 35.0 Å². The van der Waals surface area contributed by atoms with Gasteiger partial charge < -0.3 is 14.4 Å². The van der Waals surface area contributed by atoms with Crippen molar-refractivity contribution < 1.29 is 19.1 Å². The summed E-state index contributed by atoms with van der Waals surface area (Å²) in [6.07, 6.45) is 1.49. The van der Waals surface area contributed by atoms with E-state index in [-0.39, 0.29) is 11.4 Å². The monoisotopic (exact) mass is 371 g/mol. The molecule has 0 saturated carbocycles. The molecule has 0 aliphatic carbocycles. The molecular formula is C18H13NO4S2. The van der Waals surface area contributed by atoms with Crippen molar-refractivity contribution in [2.24, 2.45) is 0 Å². The minimum atomic E-state index is -0.737. The number of nitrogens with zero attached hydrogens (tertiary/aromatic N) is 1. The van der Waals surface area contributed by atoms with Crippen molar-refractivity contribution in [3.63, 3.8) is 0 Å². The highest BCUT2D eigenvalue weighted by Crippen LogP contribution is 2.40. The Morgan fingerprint density at radius 1 is 1.16 bits per heavy atom. The normalized spacial score (nSPS) is 17.5. The van der Waals surface area contributed by atoms with Crippen molar-refractivity contribution in [1.29, 1.82) is 0 Å². The van der Waals surface area contributed by atoms with Crippen LogP contribution in [-0.4, -0.2) is 21.7 Å². The van der Waals surface area contributed by atoms with Crippen LogP contribution in [0.1, 0.15) is 26.4 Å². The summed E-state index contributed by atoms with van der Waals surface area (Å²) < 4.78 is 5.48. The fraction of sp³-hybridized carbons (Fsp3) is 0.111. The number of Topliss-reactive ketones (excluding diaryl/α,β-unsaturated/α-hetero) is 1. The minimum absolute atomic E-state index is 0.0685. The van der Waals surface area contributed by atoms with Crippen LogP contribution in [-0.2, 0) is 11.3 Å². The fourth-order valence-corrected chi connectivity index (χ4v) is 4.28. The van der Waals surface area contributed by atoms with Gasteiger partial charge in [0.1, 0.15) is 11.8 Å². The molecule has 1 aliphatic heterocycles. The maximum Gasteiger partial charge on any atom is 0.290 e. The number of aliphatic hydroxyl groups is 1. The number of rotatable bonds is 5. The maximum atomic E-state index is 12.9. The number of thiophene rings is 2. The van der Waals surface area contributed by atoms with E-state index in [2.05, 4.69) is 0 Å². The SMILES string of the molecule is O=C(C1=C(O)C(=O)N(Cc2cccs2)C1c1ccco1)c1cccs1. The molecule has 3 aromatic heterocycles. The quantitative estimate of drug-likeness (QED) is 0.683. The summed E-state index contributed by atoms with van der Waals surface area (Å²) in [6.45, 7) is 0.299. The third-order valence-corrected chi connectivity index (χ3v) is 5.74. The molecule has 0 bridgehead atoms. The van der Waals surface area contributed by atoms with E-state index < -0.39 is 17.7 Å². The van der Waals surface area contributed by atoms with Gasteiger partial charge in [0.15, 0.2) is 5.76 Å². The molecule has 0 aromatic carbocycles. The molecule has 126 valence electrons. The molecule has 4 heterocycles. The van der Waals surface area contributed by atoms with Crippen molar-refractivity contribution in [2.75, 3.05) is 0 Å². The smallest absolute Gasteiger partial charge is 0.290 e. The lowest BCUT2D eigenvalue weighted by Crippen LogP contribution is -2.30. The first-order valence-corrected chi connectivity index (χ1v) is 9.31. The molecule has 0 saturated heterocycles. The molecular weight excluding hydrogens is 358 g/mol. The summed E-state index contributed by atoms with van der Waals surface area (Å²) in [5.74, 6) is -0.962. The van der Waals surface area contributed by atoms with Gasteiger partial charge in [-0.2, -0.15) is 0 Å². The molecule has 5 nitrogen and oxygen atoms in total. The van der Waals surface area contributed by atoms with Gasteiger partial charge in [0.05, 0.1) is 23.3 Å². The van der Waals surface area contributed by atoms with Crippen molar-refractivity contribution >= 4 is 34.4 Å². The number of hydrogen-bond donors (Lipinski definition) is 1. The van der Waals surface area contributed by atoms with Crippen LogP contribution < -0.4 is 0 Å². The lowest BCUT2D eigenvalue weighted by molar-refractivity contribution is -0.130. The molecule has 1 amide bonds. The molecule has 1 atom stereocenters. The second-order valence-corrected chi connectivity index (χ2v) is 7.48. The van der Waals surface area contributed by atoms with Gasteiger partial charge in [-0.3, -0.25) is 9.59 Å².